The smallest absolute Gasteiger partial charge is 0.871 e. The molecule has 56 valence electrons. The Morgan fingerprint density at radius 2 is 1.00 bits per heavy atom. The Hall–Kier alpha value is 1.57. The minimum atomic E-state index is -4.61. The Labute approximate surface area is 98.3 Å². The molecule has 0 aliphatic rings. The molecule has 0 heterocycles. The molecule has 0 spiro atoms. The minimum Gasteiger partial charge on any atom is -0.871 e. The van der Waals surface area contributed by atoms with Crippen LogP contribution < -0.4 is 10.0 Å². The van der Waals surface area contributed by atoms with Crippen molar-refractivity contribution < 1.29 is 34.3 Å². The first-order chi connectivity index (χ1) is 3.73. The molecule has 0 aliphatic heterocycles. The van der Waals surface area contributed by atoms with Gasteiger partial charge in [-0.25, -0.2) is 0 Å². The molecule has 0 saturated carbocycles. The molecule has 0 aromatic carbocycles. The van der Waals surface area contributed by atoms with Gasteiger partial charge in [-0.05, 0) is 0 Å². The summed E-state index contributed by atoms with van der Waals surface area (Å²) >= 11 is 0. The topological polar surface area (TPSA) is 147 Å². The Kier molecular flexibility index (Phi) is 15.3. The van der Waals surface area contributed by atoms with E-state index in [0.717, 1.165) is 0 Å². The van der Waals surface area contributed by atoms with Crippen LogP contribution in [-0.4, -0.2) is 89.5 Å². The predicted molar refractivity (Wildman–Crippen MR) is 28.4 cm³/mol. The van der Waals surface area contributed by atoms with Crippen molar-refractivity contribution in [1.82, 2.24) is 0 Å². The van der Waals surface area contributed by atoms with Gasteiger partial charge in [0, 0.05) is 0 Å². The Balaban J connectivity index is -0.0000000910. The van der Waals surface area contributed by atoms with Gasteiger partial charge in [-0.15, -0.1) is 0 Å². The van der Waals surface area contributed by atoms with Gasteiger partial charge in [-0.1, -0.05) is 0 Å². The average molecular weight is 293 g/mol. The van der Waals surface area contributed by atoms with Crippen molar-refractivity contribution in [3.63, 3.8) is 0 Å². The molecule has 10 heavy (non-hydrogen) atoms. The van der Waals surface area contributed by atoms with Crippen LogP contribution in [0.5, 0.6) is 0 Å². The van der Waals surface area contributed by atoms with Crippen molar-refractivity contribution in [3.05, 3.63) is 0 Å². The first-order valence-corrected chi connectivity index (χ1v) is 3.41. The molecule has 0 atom stereocenters. The first kappa shape index (κ1) is 17.6. The van der Waals surface area contributed by atoms with Crippen LogP contribution in [0.1, 0.15) is 0 Å². The van der Waals surface area contributed by atoms with Gasteiger partial charge < -0.3 is 34.3 Å². The Morgan fingerprint density at radius 3 is 1.00 bits per heavy atom. The van der Waals surface area contributed by atoms with Crippen LogP contribution in [0.3, 0.4) is 0 Å². The van der Waals surface area contributed by atoms with Crippen LogP contribution in [0, 0.1) is 0 Å². The molecule has 0 radical (unpaired) electrons. The van der Waals surface area contributed by atoms with Crippen molar-refractivity contribution in [2.45, 2.75) is 0 Å². The van der Waals surface area contributed by atoms with Crippen LogP contribution in [-0.2, 0) is 0 Å². The fraction of sp³-hybridized carbons (Fsp3) is 0. The Bertz CT molecular complexity index is 50.4. The van der Waals surface area contributed by atoms with E-state index >= 15 is 0 Å². The summed E-state index contributed by atoms with van der Waals surface area (Å²) in [7, 11) is -7.28. The van der Waals surface area contributed by atoms with Gasteiger partial charge in [-0.3, -0.25) is 0 Å². The molecule has 0 saturated heterocycles. The molecule has 0 fully saturated rings. The van der Waals surface area contributed by atoms with Crippen molar-refractivity contribution in [3.8, 4) is 0 Å². The summed E-state index contributed by atoms with van der Waals surface area (Å²) in [5.74, 6) is 0. The van der Waals surface area contributed by atoms with E-state index in [-0.39, 0.29) is 48.9 Å². The quantitative estimate of drug-likeness (QED) is 0.279. The monoisotopic (exact) mass is 294 g/mol. The summed E-state index contributed by atoms with van der Waals surface area (Å²) in [4.78, 5) is 29.3. The maximum atomic E-state index is 8.53. The molecule has 0 amide bonds. The van der Waals surface area contributed by atoms with E-state index in [4.69, 9.17) is 34.3 Å². The molecular formula is H5BBaO7Si. The normalized spacial score (nSPS) is 8.70. The zero-order valence-corrected chi connectivity index (χ0v) is 10.3. The van der Waals surface area contributed by atoms with E-state index < -0.39 is 16.4 Å². The van der Waals surface area contributed by atoms with Crippen molar-refractivity contribution in [1.29, 1.82) is 0 Å². The molecule has 7 nitrogen and oxygen atoms in total. The van der Waals surface area contributed by atoms with Crippen LogP contribution in [0.4, 0.5) is 0 Å². The maximum absolute atomic E-state index is 8.53. The molecule has 0 aliphatic carbocycles. The fourth-order valence-corrected chi connectivity index (χ4v) is 0. The number of rotatable bonds is 0. The molecular weight excluding hydrogens is 288 g/mol. The predicted octanol–water partition coefficient (Wildman–Crippen LogP) is -6.31. The van der Waals surface area contributed by atoms with Gasteiger partial charge in [0.05, 0.1) is 7.32 Å². The summed E-state index contributed by atoms with van der Waals surface area (Å²) in [5.41, 5.74) is 0. The van der Waals surface area contributed by atoms with Gasteiger partial charge in [0.25, 0.3) is 0 Å². The van der Waals surface area contributed by atoms with Crippen molar-refractivity contribution in [2.24, 2.45) is 0 Å². The first-order valence-electron chi connectivity index (χ1n) is 1.62. The summed E-state index contributed by atoms with van der Waals surface area (Å²) in [6, 6.07) is 0. The van der Waals surface area contributed by atoms with Crippen LogP contribution in [0.2, 0.25) is 0 Å². The third kappa shape index (κ3) is 284. The molecule has 5 N–H and O–H groups in total. The SMILES string of the molecule is O[Si](O)(O)O.[Ba+2].[O-]B([O-])O. The standard InChI is InChI=1S/BHO3.Ba.H4O4Si/c2-1(3)4;;1-5(2,3)4/h2H;;1-4H/q-2;+2;. The summed E-state index contributed by atoms with van der Waals surface area (Å²) in [6.07, 6.45) is 0. The number of hydrogen-bond donors (Lipinski definition) is 5. The molecule has 0 aromatic rings. The van der Waals surface area contributed by atoms with Crippen LogP contribution in [0.25, 0.3) is 0 Å². The average Bonchev–Trinajstić information content (AvgIpc) is 1.19. The molecule has 0 aromatic heterocycles. The van der Waals surface area contributed by atoms with E-state index in [9.17, 15) is 0 Å². The van der Waals surface area contributed by atoms with Crippen molar-refractivity contribution in [2.75, 3.05) is 0 Å². The fourth-order valence-electron chi connectivity index (χ4n) is 0. The summed E-state index contributed by atoms with van der Waals surface area (Å²) in [5, 5.41) is 24.0. The van der Waals surface area contributed by atoms with E-state index in [1.165, 1.54) is 0 Å². The Morgan fingerprint density at radius 1 is 1.00 bits per heavy atom. The van der Waals surface area contributed by atoms with E-state index in [2.05, 4.69) is 0 Å². The molecule has 0 rings (SSSR count). The third-order valence-electron chi connectivity index (χ3n) is 0. The second-order valence-corrected chi connectivity index (χ2v) is 2.11. The maximum Gasteiger partial charge on any atom is 2.00 e. The van der Waals surface area contributed by atoms with Crippen LogP contribution in [0.15, 0.2) is 0 Å². The van der Waals surface area contributed by atoms with Crippen molar-refractivity contribution >= 4 is 65.3 Å². The zero-order chi connectivity index (χ0) is 8.08. The number of hydrogen-bond acceptors (Lipinski definition) is 7. The molecule has 0 unspecified atom stereocenters. The van der Waals surface area contributed by atoms with Gasteiger partial charge in [0.15, 0.2) is 0 Å². The summed E-state index contributed by atoms with van der Waals surface area (Å²) < 4.78 is 0. The van der Waals surface area contributed by atoms with E-state index in [1.807, 2.05) is 0 Å². The van der Waals surface area contributed by atoms with E-state index in [0.29, 0.717) is 0 Å². The van der Waals surface area contributed by atoms with Gasteiger partial charge in [0.2, 0.25) is 0 Å². The van der Waals surface area contributed by atoms with E-state index in [1.54, 1.807) is 0 Å². The van der Waals surface area contributed by atoms with Crippen LogP contribution >= 0.6 is 0 Å². The second kappa shape index (κ2) is 8.67. The van der Waals surface area contributed by atoms with Gasteiger partial charge in [-0.2, -0.15) is 0 Å². The molecule has 0 bridgehead atoms. The minimum absolute atomic E-state index is 0. The summed E-state index contributed by atoms with van der Waals surface area (Å²) in [6.45, 7) is 0. The van der Waals surface area contributed by atoms with Gasteiger partial charge >= 0.3 is 57.9 Å². The van der Waals surface area contributed by atoms with Gasteiger partial charge in [0.1, 0.15) is 0 Å². The largest absolute Gasteiger partial charge is 2.00 e. The third-order valence-corrected chi connectivity index (χ3v) is 0. The molecule has 10 heteroatoms. The zero-order valence-electron chi connectivity index (χ0n) is 4.84. The second-order valence-electron chi connectivity index (χ2n) is 0.907.